The number of hydrogen-bond donors (Lipinski definition) is 1. The maximum Gasteiger partial charge on any atom is 0.0417 e. The van der Waals surface area contributed by atoms with E-state index in [0.717, 1.165) is 17.9 Å². The number of rotatable bonds is 4. The van der Waals surface area contributed by atoms with E-state index in [1.165, 1.54) is 10.5 Å². The number of halogens is 1. The van der Waals surface area contributed by atoms with Crippen molar-refractivity contribution in [2.24, 2.45) is 5.73 Å². The predicted molar refractivity (Wildman–Crippen MR) is 87.5 cm³/mol. The lowest BCUT2D eigenvalue weighted by atomic mass is 9.70. The smallest absolute Gasteiger partial charge is 0.0417 e. The summed E-state index contributed by atoms with van der Waals surface area (Å²) in [5.41, 5.74) is 7.47. The van der Waals surface area contributed by atoms with Crippen LogP contribution in [0.15, 0.2) is 59.5 Å². The van der Waals surface area contributed by atoms with Crippen LogP contribution in [0.25, 0.3) is 0 Å². The fourth-order valence-corrected chi connectivity index (χ4v) is 4.61. The molecule has 0 aliphatic heterocycles. The lowest BCUT2D eigenvalue weighted by Gasteiger charge is -2.47. The van der Waals surface area contributed by atoms with Crippen molar-refractivity contribution in [1.82, 2.24) is 0 Å². The molecule has 20 heavy (non-hydrogen) atoms. The Morgan fingerprint density at radius 1 is 1.10 bits per heavy atom. The fourth-order valence-electron chi connectivity index (χ4n) is 2.87. The van der Waals surface area contributed by atoms with Gasteiger partial charge in [-0.05, 0) is 42.5 Å². The molecule has 1 aliphatic rings. The van der Waals surface area contributed by atoms with Gasteiger partial charge in [-0.3, -0.25) is 0 Å². The molecule has 0 unspecified atom stereocenters. The third-order valence-electron chi connectivity index (χ3n) is 4.01. The van der Waals surface area contributed by atoms with Crippen molar-refractivity contribution < 1.29 is 0 Å². The van der Waals surface area contributed by atoms with Gasteiger partial charge in [0.05, 0.1) is 0 Å². The van der Waals surface area contributed by atoms with Crippen LogP contribution in [0.1, 0.15) is 24.3 Å². The first-order chi connectivity index (χ1) is 9.71. The highest BCUT2D eigenvalue weighted by molar-refractivity contribution is 8.00. The first kappa shape index (κ1) is 14.0. The fraction of sp³-hybridized carbons (Fsp3) is 0.294. The molecule has 0 aromatic heterocycles. The minimum absolute atomic E-state index is 0.172. The summed E-state index contributed by atoms with van der Waals surface area (Å²) >= 11 is 7.94. The summed E-state index contributed by atoms with van der Waals surface area (Å²) in [4.78, 5) is 1.22. The van der Waals surface area contributed by atoms with Gasteiger partial charge in [0.15, 0.2) is 0 Å². The lowest BCUT2D eigenvalue weighted by molar-refractivity contribution is 0.313. The Balaban J connectivity index is 1.70. The standard InChI is InChI=1S/C17H18ClNS/c18-15-7-4-8-16(9-15)20-17(12-19)10-14(11-17)13-5-2-1-3-6-13/h1-9,14H,10-12,19H2. The molecule has 2 N–H and O–H groups in total. The van der Waals surface area contributed by atoms with Crippen LogP contribution in [-0.4, -0.2) is 11.3 Å². The third-order valence-corrected chi connectivity index (χ3v) is 5.67. The van der Waals surface area contributed by atoms with Crippen LogP contribution in [0.2, 0.25) is 5.02 Å². The van der Waals surface area contributed by atoms with Crippen LogP contribution < -0.4 is 5.73 Å². The molecule has 1 saturated carbocycles. The first-order valence-corrected chi connectivity index (χ1v) is 8.10. The molecule has 104 valence electrons. The van der Waals surface area contributed by atoms with Crippen LogP contribution in [0.3, 0.4) is 0 Å². The summed E-state index contributed by atoms with van der Waals surface area (Å²) in [7, 11) is 0. The lowest BCUT2D eigenvalue weighted by Crippen LogP contribution is -2.45. The van der Waals surface area contributed by atoms with E-state index in [1.807, 2.05) is 30.0 Å². The second-order valence-electron chi connectivity index (χ2n) is 5.46. The molecule has 1 nitrogen and oxygen atoms in total. The Bertz CT molecular complexity index is 579. The molecular weight excluding hydrogens is 286 g/mol. The topological polar surface area (TPSA) is 26.0 Å². The second-order valence-corrected chi connectivity index (χ2v) is 7.44. The summed E-state index contributed by atoms with van der Waals surface area (Å²) < 4.78 is 0.172. The molecular formula is C17H18ClNS. The zero-order valence-corrected chi connectivity index (χ0v) is 12.8. The maximum atomic E-state index is 6.06. The van der Waals surface area contributed by atoms with E-state index < -0.39 is 0 Å². The van der Waals surface area contributed by atoms with Crippen LogP contribution >= 0.6 is 23.4 Å². The maximum absolute atomic E-state index is 6.06. The van der Waals surface area contributed by atoms with Gasteiger partial charge in [0, 0.05) is 21.2 Å². The molecule has 0 amide bonds. The zero-order valence-electron chi connectivity index (χ0n) is 11.3. The molecule has 2 aromatic rings. The molecule has 2 aromatic carbocycles. The van der Waals surface area contributed by atoms with Crippen LogP contribution in [0.4, 0.5) is 0 Å². The first-order valence-electron chi connectivity index (χ1n) is 6.90. The van der Waals surface area contributed by atoms with Crippen molar-refractivity contribution >= 4 is 23.4 Å². The molecule has 3 heteroatoms. The summed E-state index contributed by atoms with van der Waals surface area (Å²) in [6.45, 7) is 0.716. The highest BCUT2D eigenvalue weighted by atomic mass is 35.5. The highest BCUT2D eigenvalue weighted by Crippen LogP contribution is 2.54. The van der Waals surface area contributed by atoms with E-state index in [2.05, 4.69) is 36.4 Å². The van der Waals surface area contributed by atoms with Crippen LogP contribution in [-0.2, 0) is 0 Å². The molecule has 0 saturated heterocycles. The number of benzene rings is 2. The van der Waals surface area contributed by atoms with Crippen molar-refractivity contribution in [2.45, 2.75) is 28.4 Å². The zero-order chi connectivity index (χ0) is 14.0. The Morgan fingerprint density at radius 3 is 2.50 bits per heavy atom. The third kappa shape index (κ3) is 2.88. The van der Waals surface area contributed by atoms with E-state index >= 15 is 0 Å². The van der Waals surface area contributed by atoms with Gasteiger partial charge in [0.25, 0.3) is 0 Å². The monoisotopic (exact) mass is 303 g/mol. The SMILES string of the molecule is NCC1(Sc2cccc(Cl)c2)CC(c2ccccc2)C1. The van der Waals surface area contributed by atoms with Gasteiger partial charge < -0.3 is 5.73 Å². The largest absolute Gasteiger partial charge is 0.329 e. The molecule has 0 bridgehead atoms. The summed E-state index contributed by atoms with van der Waals surface area (Å²) in [6, 6.07) is 18.8. The van der Waals surface area contributed by atoms with E-state index in [1.54, 1.807) is 0 Å². The van der Waals surface area contributed by atoms with Crippen molar-refractivity contribution in [3.05, 3.63) is 65.2 Å². The summed E-state index contributed by atoms with van der Waals surface area (Å²) in [6.07, 6.45) is 2.29. The second kappa shape index (κ2) is 5.80. The van der Waals surface area contributed by atoms with E-state index in [-0.39, 0.29) is 4.75 Å². The molecule has 3 rings (SSSR count). The molecule has 0 radical (unpaired) electrons. The highest BCUT2D eigenvalue weighted by Gasteiger charge is 2.44. The van der Waals surface area contributed by atoms with Gasteiger partial charge in [-0.1, -0.05) is 48.0 Å². The molecule has 0 atom stereocenters. The number of hydrogen-bond acceptors (Lipinski definition) is 2. The minimum Gasteiger partial charge on any atom is -0.329 e. The van der Waals surface area contributed by atoms with Gasteiger partial charge in [0.1, 0.15) is 0 Å². The Hall–Kier alpha value is -0.960. The molecule has 1 aliphatic carbocycles. The Labute approximate surface area is 129 Å². The number of thioether (sulfide) groups is 1. The van der Waals surface area contributed by atoms with Gasteiger partial charge in [0.2, 0.25) is 0 Å². The summed E-state index contributed by atoms with van der Waals surface area (Å²) in [5.74, 6) is 0.645. The van der Waals surface area contributed by atoms with Crippen molar-refractivity contribution in [1.29, 1.82) is 0 Å². The van der Waals surface area contributed by atoms with Gasteiger partial charge in [-0.25, -0.2) is 0 Å². The van der Waals surface area contributed by atoms with Crippen molar-refractivity contribution in [3.63, 3.8) is 0 Å². The van der Waals surface area contributed by atoms with E-state index in [4.69, 9.17) is 17.3 Å². The minimum atomic E-state index is 0.172. The average Bonchev–Trinajstić information content (AvgIpc) is 2.43. The Morgan fingerprint density at radius 2 is 1.85 bits per heavy atom. The predicted octanol–water partition coefficient (Wildman–Crippen LogP) is 4.71. The van der Waals surface area contributed by atoms with Gasteiger partial charge in [-0.2, -0.15) is 0 Å². The molecule has 0 heterocycles. The molecule has 1 fully saturated rings. The molecule has 0 spiro atoms. The van der Waals surface area contributed by atoms with Crippen molar-refractivity contribution in [3.8, 4) is 0 Å². The van der Waals surface area contributed by atoms with E-state index in [0.29, 0.717) is 12.5 Å². The quantitative estimate of drug-likeness (QED) is 0.885. The Kier molecular flexibility index (Phi) is 4.06. The number of nitrogens with two attached hydrogens (primary N) is 1. The summed E-state index contributed by atoms with van der Waals surface area (Å²) in [5, 5.41) is 0.793. The average molecular weight is 304 g/mol. The van der Waals surface area contributed by atoms with Gasteiger partial charge in [-0.15, -0.1) is 11.8 Å². The van der Waals surface area contributed by atoms with Crippen LogP contribution in [0, 0.1) is 0 Å². The van der Waals surface area contributed by atoms with Crippen molar-refractivity contribution in [2.75, 3.05) is 6.54 Å². The normalized spacial score (nSPS) is 25.2. The van der Waals surface area contributed by atoms with Crippen LogP contribution in [0.5, 0.6) is 0 Å². The van der Waals surface area contributed by atoms with Gasteiger partial charge >= 0.3 is 0 Å². The van der Waals surface area contributed by atoms with E-state index in [9.17, 15) is 0 Å².